The number of hydrogen-bond acceptors (Lipinski definition) is 1. The van der Waals surface area contributed by atoms with Gasteiger partial charge in [-0.05, 0) is 24.5 Å². The molecule has 0 amide bonds. The molecule has 0 radical (unpaired) electrons. The van der Waals surface area contributed by atoms with Crippen molar-refractivity contribution in [1.29, 1.82) is 0 Å². The zero-order chi connectivity index (χ0) is 10.6. The molecule has 0 N–H and O–H groups in total. The zero-order valence-electron chi connectivity index (χ0n) is 9.84. The molecule has 14 heavy (non-hydrogen) atoms. The number of aryl methyl sites for hydroxylation is 1. The summed E-state index contributed by atoms with van der Waals surface area (Å²) in [6, 6.07) is 4.23. The molecule has 0 aliphatic heterocycles. The Morgan fingerprint density at radius 3 is 2.36 bits per heavy atom. The van der Waals surface area contributed by atoms with Crippen molar-refractivity contribution in [2.24, 2.45) is 5.92 Å². The summed E-state index contributed by atoms with van der Waals surface area (Å²) in [7, 11) is 0. The molecule has 0 saturated heterocycles. The van der Waals surface area contributed by atoms with E-state index in [1.54, 1.807) is 0 Å². The third-order valence-corrected chi connectivity index (χ3v) is 2.46. The molecule has 1 aromatic rings. The van der Waals surface area contributed by atoms with E-state index >= 15 is 0 Å². The maximum Gasteiger partial charge on any atom is 0.106 e. The fourth-order valence-electron chi connectivity index (χ4n) is 1.52. The van der Waals surface area contributed by atoms with Crippen LogP contribution in [0.15, 0.2) is 16.5 Å². The molecule has 0 aliphatic rings. The maximum absolute atomic E-state index is 5.73. The maximum atomic E-state index is 5.73. The standard InChI is InChI=1S/C13H22O/c1-10(2)6-5-7-12-8-9-13(14-12)11(3)4/h8-11H,5-7H2,1-4H3. The average Bonchev–Trinajstić information content (AvgIpc) is 2.52. The Labute approximate surface area is 87.5 Å². The summed E-state index contributed by atoms with van der Waals surface area (Å²) in [6.07, 6.45) is 3.62. The molecule has 0 atom stereocenters. The summed E-state index contributed by atoms with van der Waals surface area (Å²) in [5.74, 6) is 3.57. The second-order valence-corrected chi connectivity index (χ2v) is 4.74. The van der Waals surface area contributed by atoms with Crippen LogP contribution in [0.1, 0.15) is 58.0 Å². The summed E-state index contributed by atoms with van der Waals surface area (Å²) < 4.78 is 5.73. The normalized spacial score (nSPS) is 11.6. The molecule has 0 fully saturated rings. The first-order chi connectivity index (χ1) is 6.59. The monoisotopic (exact) mass is 194 g/mol. The molecule has 1 rings (SSSR count). The predicted octanol–water partition coefficient (Wildman–Crippen LogP) is 4.38. The highest BCUT2D eigenvalue weighted by Gasteiger charge is 2.05. The topological polar surface area (TPSA) is 13.1 Å². The van der Waals surface area contributed by atoms with Crippen LogP contribution >= 0.6 is 0 Å². The SMILES string of the molecule is CC(C)CCCc1ccc(C(C)C)o1. The van der Waals surface area contributed by atoms with Crippen LogP contribution in [-0.4, -0.2) is 0 Å². The molecule has 0 bridgehead atoms. The van der Waals surface area contributed by atoms with E-state index in [4.69, 9.17) is 4.42 Å². The second-order valence-electron chi connectivity index (χ2n) is 4.74. The highest BCUT2D eigenvalue weighted by molar-refractivity contribution is 5.10. The Hall–Kier alpha value is -0.720. The lowest BCUT2D eigenvalue weighted by atomic mass is 10.1. The second kappa shape index (κ2) is 5.23. The summed E-state index contributed by atoms with van der Waals surface area (Å²) in [5, 5.41) is 0. The van der Waals surface area contributed by atoms with Crippen molar-refractivity contribution < 1.29 is 4.42 Å². The van der Waals surface area contributed by atoms with Crippen molar-refractivity contribution in [3.05, 3.63) is 23.7 Å². The molecule has 1 heterocycles. The third kappa shape index (κ3) is 3.57. The van der Waals surface area contributed by atoms with E-state index in [0.29, 0.717) is 5.92 Å². The Morgan fingerprint density at radius 2 is 1.86 bits per heavy atom. The van der Waals surface area contributed by atoms with E-state index in [9.17, 15) is 0 Å². The molecule has 1 nitrogen and oxygen atoms in total. The first-order valence-electron chi connectivity index (χ1n) is 5.68. The van der Waals surface area contributed by atoms with E-state index in [1.807, 2.05) is 0 Å². The molecule has 80 valence electrons. The van der Waals surface area contributed by atoms with Crippen molar-refractivity contribution in [3.8, 4) is 0 Å². The largest absolute Gasteiger partial charge is 0.466 e. The first-order valence-corrected chi connectivity index (χ1v) is 5.68. The van der Waals surface area contributed by atoms with Crippen LogP contribution in [0.3, 0.4) is 0 Å². The Balaban J connectivity index is 2.36. The zero-order valence-corrected chi connectivity index (χ0v) is 9.84. The van der Waals surface area contributed by atoms with Gasteiger partial charge in [-0.3, -0.25) is 0 Å². The van der Waals surface area contributed by atoms with Gasteiger partial charge in [-0.15, -0.1) is 0 Å². The van der Waals surface area contributed by atoms with Crippen molar-refractivity contribution in [3.63, 3.8) is 0 Å². The molecular formula is C13H22O. The summed E-state index contributed by atoms with van der Waals surface area (Å²) in [4.78, 5) is 0. The van der Waals surface area contributed by atoms with E-state index in [-0.39, 0.29) is 0 Å². The lowest BCUT2D eigenvalue weighted by Gasteiger charge is -2.02. The Bertz CT molecular complexity index is 258. The molecule has 0 unspecified atom stereocenters. The summed E-state index contributed by atoms with van der Waals surface area (Å²) >= 11 is 0. The summed E-state index contributed by atoms with van der Waals surface area (Å²) in [5.41, 5.74) is 0. The van der Waals surface area contributed by atoms with Gasteiger partial charge in [0.05, 0.1) is 0 Å². The molecule has 1 heteroatoms. The van der Waals surface area contributed by atoms with E-state index < -0.39 is 0 Å². The minimum atomic E-state index is 0.508. The fourth-order valence-corrected chi connectivity index (χ4v) is 1.52. The minimum Gasteiger partial charge on any atom is -0.466 e. The van der Waals surface area contributed by atoms with Crippen LogP contribution in [-0.2, 0) is 6.42 Å². The van der Waals surface area contributed by atoms with Crippen LogP contribution in [0.2, 0.25) is 0 Å². The number of furan rings is 1. The van der Waals surface area contributed by atoms with E-state index in [2.05, 4.69) is 39.8 Å². The number of rotatable bonds is 5. The fraction of sp³-hybridized carbons (Fsp3) is 0.692. The van der Waals surface area contributed by atoms with Crippen molar-refractivity contribution in [1.82, 2.24) is 0 Å². The van der Waals surface area contributed by atoms with Gasteiger partial charge in [0.1, 0.15) is 11.5 Å². The first kappa shape index (κ1) is 11.4. The van der Waals surface area contributed by atoms with Gasteiger partial charge in [-0.1, -0.05) is 34.1 Å². The van der Waals surface area contributed by atoms with Gasteiger partial charge in [-0.2, -0.15) is 0 Å². The molecule has 0 saturated carbocycles. The van der Waals surface area contributed by atoms with Gasteiger partial charge in [-0.25, -0.2) is 0 Å². The molecule has 1 aromatic heterocycles. The van der Waals surface area contributed by atoms with Gasteiger partial charge in [0.25, 0.3) is 0 Å². The van der Waals surface area contributed by atoms with Crippen molar-refractivity contribution >= 4 is 0 Å². The minimum absolute atomic E-state index is 0.508. The lowest BCUT2D eigenvalue weighted by Crippen LogP contribution is -1.89. The van der Waals surface area contributed by atoms with Gasteiger partial charge in [0.15, 0.2) is 0 Å². The summed E-state index contributed by atoms with van der Waals surface area (Å²) in [6.45, 7) is 8.86. The quantitative estimate of drug-likeness (QED) is 0.678. The van der Waals surface area contributed by atoms with Crippen LogP contribution in [0.25, 0.3) is 0 Å². The average molecular weight is 194 g/mol. The molecule has 0 spiro atoms. The van der Waals surface area contributed by atoms with Gasteiger partial charge < -0.3 is 4.42 Å². The Kier molecular flexibility index (Phi) is 4.24. The molecule has 0 aliphatic carbocycles. The predicted molar refractivity (Wildman–Crippen MR) is 60.6 cm³/mol. The van der Waals surface area contributed by atoms with Gasteiger partial charge >= 0.3 is 0 Å². The smallest absolute Gasteiger partial charge is 0.106 e. The highest BCUT2D eigenvalue weighted by Crippen LogP contribution is 2.19. The van der Waals surface area contributed by atoms with Crippen LogP contribution in [0, 0.1) is 5.92 Å². The van der Waals surface area contributed by atoms with E-state index in [0.717, 1.165) is 23.9 Å². The van der Waals surface area contributed by atoms with Crippen molar-refractivity contribution in [2.75, 3.05) is 0 Å². The van der Waals surface area contributed by atoms with Gasteiger partial charge in [0.2, 0.25) is 0 Å². The van der Waals surface area contributed by atoms with Crippen LogP contribution < -0.4 is 0 Å². The highest BCUT2D eigenvalue weighted by atomic mass is 16.3. The molecular weight excluding hydrogens is 172 g/mol. The van der Waals surface area contributed by atoms with E-state index in [1.165, 1.54) is 12.8 Å². The lowest BCUT2D eigenvalue weighted by molar-refractivity contribution is 0.433. The Morgan fingerprint density at radius 1 is 1.14 bits per heavy atom. The van der Waals surface area contributed by atoms with Crippen LogP contribution in [0.4, 0.5) is 0 Å². The van der Waals surface area contributed by atoms with Gasteiger partial charge in [0, 0.05) is 12.3 Å². The number of hydrogen-bond donors (Lipinski definition) is 0. The molecule has 0 aromatic carbocycles. The third-order valence-electron chi connectivity index (χ3n) is 2.46. The van der Waals surface area contributed by atoms with Crippen molar-refractivity contribution in [2.45, 2.75) is 52.9 Å². The van der Waals surface area contributed by atoms with Crippen LogP contribution in [0.5, 0.6) is 0 Å².